The first-order valence-electron chi connectivity index (χ1n) is 9.22. The summed E-state index contributed by atoms with van der Waals surface area (Å²) < 4.78 is 0. The molecular formula is C20H29N3OS. The van der Waals surface area contributed by atoms with Crippen LogP contribution in [0.25, 0.3) is 10.9 Å². The molecule has 0 aliphatic heterocycles. The minimum absolute atomic E-state index is 0.0110. The SMILES string of the molecule is CCCCSc1cc(C(=O)NCCN(CC)CC)c2ccccc2n1. The molecule has 25 heavy (non-hydrogen) atoms. The number of nitrogens with zero attached hydrogens (tertiary/aromatic N) is 2. The highest BCUT2D eigenvalue weighted by molar-refractivity contribution is 7.99. The highest BCUT2D eigenvalue weighted by Crippen LogP contribution is 2.24. The van der Waals surface area contributed by atoms with Crippen molar-refractivity contribution < 1.29 is 4.79 Å². The van der Waals surface area contributed by atoms with Crippen molar-refractivity contribution >= 4 is 28.6 Å². The Hall–Kier alpha value is -1.59. The molecule has 0 bridgehead atoms. The van der Waals surface area contributed by atoms with E-state index in [1.807, 2.05) is 30.3 Å². The number of pyridine rings is 1. The minimum atomic E-state index is -0.0110. The highest BCUT2D eigenvalue weighted by Gasteiger charge is 2.13. The predicted octanol–water partition coefficient (Wildman–Crippen LogP) is 4.20. The number of nitrogens with one attached hydrogen (secondary N) is 1. The largest absolute Gasteiger partial charge is 0.351 e. The van der Waals surface area contributed by atoms with E-state index in [4.69, 9.17) is 4.98 Å². The number of rotatable bonds is 10. The first kappa shape index (κ1) is 19.7. The summed E-state index contributed by atoms with van der Waals surface area (Å²) >= 11 is 1.73. The van der Waals surface area contributed by atoms with Gasteiger partial charge in [-0.25, -0.2) is 4.98 Å². The van der Waals surface area contributed by atoms with Gasteiger partial charge in [-0.1, -0.05) is 45.4 Å². The zero-order valence-corrected chi connectivity index (χ0v) is 16.4. The molecule has 0 atom stereocenters. The van der Waals surface area contributed by atoms with Gasteiger partial charge < -0.3 is 10.2 Å². The summed E-state index contributed by atoms with van der Waals surface area (Å²) in [6.07, 6.45) is 2.32. The van der Waals surface area contributed by atoms with Crippen molar-refractivity contribution in [2.45, 2.75) is 38.6 Å². The molecular weight excluding hydrogens is 330 g/mol. The average molecular weight is 360 g/mol. The summed E-state index contributed by atoms with van der Waals surface area (Å²) in [4.78, 5) is 19.7. The summed E-state index contributed by atoms with van der Waals surface area (Å²) in [5.41, 5.74) is 1.61. The fourth-order valence-electron chi connectivity index (χ4n) is 2.70. The summed E-state index contributed by atoms with van der Waals surface area (Å²) in [5.74, 6) is 1.02. The second-order valence-electron chi connectivity index (χ2n) is 6.01. The Bertz CT molecular complexity index is 686. The Morgan fingerprint density at radius 1 is 1.20 bits per heavy atom. The van der Waals surface area contributed by atoms with Crippen molar-refractivity contribution in [2.75, 3.05) is 31.9 Å². The molecule has 1 aromatic heterocycles. The normalized spacial score (nSPS) is 11.2. The molecule has 0 fully saturated rings. The maximum atomic E-state index is 12.7. The standard InChI is InChI=1S/C20H29N3OS/c1-4-7-14-25-19-15-17(16-10-8-9-11-18(16)22-19)20(24)21-12-13-23(5-2)6-3/h8-11,15H,4-7,12-14H2,1-3H3,(H,21,24). The van der Waals surface area contributed by atoms with Gasteiger partial charge in [-0.2, -0.15) is 0 Å². The fourth-order valence-corrected chi connectivity index (χ4v) is 3.70. The van der Waals surface area contributed by atoms with Gasteiger partial charge in [0.05, 0.1) is 16.1 Å². The molecule has 0 saturated heterocycles. The number of benzene rings is 1. The van der Waals surface area contributed by atoms with E-state index in [0.29, 0.717) is 6.54 Å². The molecule has 1 heterocycles. The number of thioether (sulfide) groups is 1. The molecule has 1 aromatic carbocycles. The highest BCUT2D eigenvalue weighted by atomic mass is 32.2. The minimum Gasteiger partial charge on any atom is -0.351 e. The first-order valence-corrected chi connectivity index (χ1v) is 10.2. The molecule has 4 nitrogen and oxygen atoms in total. The second kappa shape index (κ2) is 10.4. The first-order chi connectivity index (χ1) is 12.2. The quantitative estimate of drug-likeness (QED) is 0.510. The lowest BCUT2D eigenvalue weighted by Gasteiger charge is -2.18. The number of carbonyl (C=O) groups is 1. The lowest BCUT2D eigenvalue weighted by atomic mass is 10.1. The molecule has 136 valence electrons. The van der Waals surface area contributed by atoms with E-state index in [9.17, 15) is 4.79 Å². The molecule has 0 aliphatic rings. The molecule has 0 saturated carbocycles. The van der Waals surface area contributed by atoms with Crippen molar-refractivity contribution in [1.29, 1.82) is 0 Å². The van der Waals surface area contributed by atoms with Gasteiger partial charge in [0, 0.05) is 18.5 Å². The third-order valence-corrected chi connectivity index (χ3v) is 5.29. The van der Waals surface area contributed by atoms with Gasteiger partial charge in [0.2, 0.25) is 0 Å². The van der Waals surface area contributed by atoms with Gasteiger partial charge in [-0.3, -0.25) is 4.79 Å². The Labute approximate surface area is 155 Å². The lowest BCUT2D eigenvalue weighted by Crippen LogP contribution is -2.34. The summed E-state index contributed by atoms with van der Waals surface area (Å²) in [5, 5.41) is 4.92. The fraction of sp³-hybridized carbons (Fsp3) is 0.500. The number of para-hydroxylation sites is 1. The van der Waals surface area contributed by atoms with E-state index in [0.717, 1.165) is 53.3 Å². The monoisotopic (exact) mass is 359 g/mol. The average Bonchev–Trinajstić information content (AvgIpc) is 2.64. The number of aromatic nitrogens is 1. The van der Waals surface area contributed by atoms with Crippen LogP contribution in [0.4, 0.5) is 0 Å². The van der Waals surface area contributed by atoms with E-state index in [-0.39, 0.29) is 5.91 Å². The van der Waals surface area contributed by atoms with Gasteiger partial charge in [0.25, 0.3) is 5.91 Å². The zero-order valence-electron chi connectivity index (χ0n) is 15.5. The topological polar surface area (TPSA) is 45.2 Å². The van der Waals surface area contributed by atoms with Crippen LogP contribution < -0.4 is 5.32 Å². The van der Waals surface area contributed by atoms with Crippen LogP contribution in [0.15, 0.2) is 35.4 Å². The molecule has 0 spiro atoms. The third-order valence-electron chi connectivity index (χ3n) is 4.29. The maximum Gasteiger partial charge on any atom is 0.252 e. The van der Waals surface area contributed by atoms with E-state index in [1.54, 1.807) is 11.8 Å². The van der Waals surface area contributed by atoms with E-state index >= 15 is 0 Å². The van der Waals surface area contributed by atoms with Crippen LogP contribution in [0.3, 0.4) is 0 Å². The van der Waals surface area contributed by atoms with Crippen LogP contribution in [-0.4, -0.2) is 47.7 Å². The molecule has 1 N–H and O–H groups in total. The summed E-state index contributed by atoms with van der Waals surface area (Å²) in [6, 6.07) is 9.82. The number of carbonyl (C=O) groups excluding carboxylic acids is 1. The number of fused-ring (bicyclic) bond motifs is 1. The second-order valence-corrected chi connectivity index (χ2v) is 7.13. The third kappa shape index (κ3) is 5.72. The number of hydrogen-bond acceptors (Lipinski definition) is 4. The summed E-state index contributed by atoms with van der Waals surface area (Å²) in [6.45, 7) is 10.0. The van der Waals surface area contributed by atoms with E-state index in [2.05, 4.69) is 31.0 Å². The lowest BCUT2D eigenvalue weighted by molar-refractivity contribution is 0.0950. The van der Waals surface area contributed by atoms with Gasteiger partial charge in [-0.15, -0.1) is 11.8 Å². The zero-order chi connectivity index (χ0) is 18.1. The Morgan fingerprint density at radius 3 is 2.68 bits per heavy atom. The van der Waals surface area contributed by atoms with E-state index < -0.39 is 0 Å². The number of unbranched alkanes of at least 4 members (excludes halogenated alkanes) is 1. The van der Waals surface area contributed by atoms with Gasteiger partial charge >= 0.3 is 0 Å². The predicted molar refractivity (Wildman–Crippen MR) is 107 cm³/mol. The smallest absolute Gasteiger partial charge is 0.252 e. The molecule has 2 aromatic rings. The van der Waals surface area contributed by atoms with Crippen molar-refractivity contribution in [3.63, 3.8) is 0 Å². The van der Waals surface area contributed by atoms with Crippen molar-refractivity contribution in [1.82, 2.24) is 15.2 Å². The Balaban J connectivity index is 2.15. The summed E-state index contributed by atoms with van der Waals surface area (Å²) in [7, 11) is 0. The van der Waals surface area contributed by atoms with Crippen molar-refractivity contribution in [3.8, 4) is 0 Å². The van der Waals surface area contributed by atoms with Crippen molar-refractivity contribution in [2.24, 2.45) is 0 Å². The maximum absolute atomic E-state index is 12.7. The number of likely N-dealkylation sites (N-methyl/N-ethyl adjacent to an activating group) is 1. The van der Waals surface area contributed by atoms with Crippen LogP contribution in [-0.2, 0) is 0 Å². The molecule has 0 aliphatic carbocycles. The Kier molecular flexibility index (Phi) is 8.22. The van der Waals surface area contributed by atoms with Crippen LogP contribution in [0.5, 0.6) is 0 Å². The van der Waals surface area contributed by atoms with Gasteiger partial charge in [0.15, 0.2) is 0 Å². The molecule has 2 rings (SSSR count). The number of amides is 1. The van der Waals surface area contributed by atoms with Gasteiger partial charge in [0.1, 0.15) is 0 Å². The van der Waals surface area contributed by atoms with Crippen LogP contribution >= 0.6 is 11.8 Å². The Morgan fingerprint density at radius 2 is 1.96 bits per heavy atom. The van der Waals surface area contributed by atoms with Crippen LogP contribution in [0.1, 0.15) is 44.0 Å². The molecule has 1 amide bonds. The molecule has 0 radical (unpaired) electrons. The van der Waals surface area contributed by atoms with E-state index in [1.165, 1.54) is 6.42 Å². The molecule has 0 unspecified atom stereocenters. The number of hydrogen-bond donors (Lipinski definition) is 1. The van der Waals surface area contributed by atoms with Gasteiger partial charge in [-0.05, 0) is 37.4 Å². The molecule has 5 heteroatoms. The van der Waals surface area contributed by atoms with Crippen LogP contribution in [0.2, 0.25) is 0 Å². The van der Waals surface area contributed by atoms with Crippen LogP contribution in [0, 0.1) is 0 Å². The van der Waals surface area contributed by atoms with Crippen molar-refractivity contribution in [3.05, 3.63) is 35.9 Å².